The molecule has 47 heavy (non-hydrogen) atoms. The van der Waals surface area contributed by atoms with Crippen LogP contribution in [0.1, 0.15) is 72.7 Å². The van der Waals surface area contributed by atoms with Crippen LogP contribution in [-0.2, 0) is 19.1 Å². The Bertz CT molecular complexity index is 1390. The molecule has 2 aromatic rings. The number of carbonyl (C=O) groups is 5. The van der Waals surface area contributed by atoms with Crippen molar-refractivity contribution >= 4 is 29.8 Å². The number of carbonyl (C=O) groups excluding carboxylic acids is 4. The van der Waals surface area contributed by atoms with E-state index in [1.807, 2.05) is 30.3 Å². The van der Waals surface area contributed by atoms with Crippen molar-refractivity contribution in [2.24, 2.45) is 0 Å². The van der Waals surface area contributed by atoms with E-state index in [2.05, 4.69) is 17.2 Å². The van der Waals surface area contributed by atoms with Crippen molar-refractivity contribution in [3.8, 4) is 11.3 Å². The SMILES string of the molecule is CCCCCOC(=O)N1CCN(C(=O)[C@H](CCC(=O)O)NC(=O)c2cc(C(=O)N3CCC(OC)CC3)cc(-c3ccccc3)n2)CC1. The average molecular weight is 652 g/mol. The van der Waals surface area contributed by atoms with Crippen LogP contribution in [-0.4, -0.2) is 120 Å². The van der Waals surface area contributed by atoms with E-state index in [0.29, 0.717) is 43.8 Å². The number of nitrogens with zero attached hydrogens (tertiary/aromatic N) is 4. The van der Waals surface area contributed by atoms with Gasteiger partial charge in [0.05, 0.1) is 18.4 Å². The first-order chi connectivity index (χ1) is 22.7. The van der Waals surface area contributed by atoms with Crippen LogP contribution < -0.4 is 5.32 Å². The molecule has 1 atom stereocenters. The Hall–Kier alpha value is -4.52. The van der Waals surface area contributed by atoms with Crippen molar-refractivity contribution in [2.75, 3.05) is 53.0 Å². The average Bonchev–Trinajstić information content (AvgIpc) is 3.11. The number of piperazine rings is 1. The van der Waals surface area contributed by atoms with Gasteiger partial charge in [0.25, 0.3) is 11.8 Å². The van der Waals surface area contributed by atoms with Crippen LogP contribution in [0.25, 0.3) is 11.3 Å². The van der Waals surface area contributed by atoms with Gasteiger partial charge in [0.15, 0.2) is 0 Å². The fourth-order valence-electron chi connectivity index (χ4n) is 5.69. The lowest BCUT2D eigenvalue weighted by molar-refractivity contribution is -0.138. The zero-order chi connectivity index (χ0) is 33.8. The summed E-state index contributed by atoms with van der Waals surface area (Å²) in [5.74, 6) is -2.50. The predicted octanol–water partition coefficient (Wildman–Crippen LogP) is 3.43. The number of methoxy groups -OCH3 is 1. The number of likely N-dealkylation sites (tertiary alicyclic amines) is 1. The van der Waals surface area contributed by atoms with Crippen LogP contribution in [0.2, 0.25) is 0 Å². The highest BCUT2D eigenvalue weighted by Gasteiger charge is 2.32. The molecule has 0 bridgehead atoms. The number of nitrogens with one attached hydrogen (secondary N) is 1. The Morgan fingerprint density at radius 2 is 1.62 bits per heavy atom. The highest BCUT2D eigenvalue weighted by Crippen LogP contribution is 2.22. The third-order valence-electron chi connectivity index (χ3n) is 8.51. The van der Waals surface area contributed by atoms with Gasteiger partial charge >= 0.3 is 12.1 Å². The van der Waals surface area contributed by atoms with Crippen LogP contribution in [0.4, 0.5) is 4.79 Å². The summed E-state index contributed by atoms with van der Waals surface area (Å²) < 4.78 is 10.8. The number of aromatic nitrogens is 1. The summed E-state index contributed by atoms with van der Waals surface area (Å²) in [6, 6.07) is 11.1. The number of carboxylic acids is 1. The van der Waals surface area contributed by atoms with Crippen LogP contribution in [0, 0.1) is 0 Å². The predicted molar refractivity (Wildman–Crippen MR) is 173 cm³/mol. The third kappa shape index (κ3) is 9.98. The van der Waals surface area contributed by atoms with Crippen molar-refractivity contribution in [1.29, 1.82) is 0 Å². The molecule has 0 radical (unpaired) electrons. The molecular weight excluding hydrogens is 606 g/mol. The highest BCUT2D eigenvalue weighted by molar-refractivity contribution is 6.01. The topological polar surface area (TPSA) is 159 Å². The number of ether oxygens (including phenoxy) is 2. The molecule has 1 aromatic carbocycles. The number of pyridine rings is 1. The van der Waals surface area contributed by atoms with Gasteiger partial charge in [-0.2, -0.15) is 0 Å². The Balaban J connectivity index is 1.50. The summed E-state index contributed by atoms with van der Waals surface area (Å²) >= 11 is 0. The van der Waals surface area contributed by atoms with Crippen LogP contribution >= 0.6 is 0 Å². The van der Waals surface area contributed by atoms with Gasteiger partial charge in [-0.15, -0.1) is 0 Å². The minimum absolute atomic E-state index is 0.0646. The molecule has 2 fully saturated rings. The largest absolute Gasteiger partial charge is 0.481 e. The third-order valence-corrected chi connectivity index (χ3v) is 8.51. The number of piperidine rings is 1. The summed E-state index contributed by atoms with van der Waals surface area (Å²) in [6.07, 6.45) is 3.35. The Labute approximate surface area is 275 Å². The van der Waals surface area contributed by atoms with Crippen molar-refractivity contribution < 1.29 is 38.6 Å². The maximum absolute atomic E-state index is 13.7. The maximum atomic E-state index is 13.7. The molecule has 0 saturated carbocycles. The molecule has 2 aliphatic heterocycles. The first-order valence-electron chi connectivity index (χ1n) is 16.3. The number of rotatable bonds is 13. The first kappa shape index (κ1) is 35.3. The lowest BCUT2D eigenvalue weighted by Crippen LogP contribution is -2.56. The fourth-order valence-corrected chi connectivity index (χ4v) is 5.69. The van der Waals surface area contributed by atoms with Crippen molar-refractivity contribution in [3.05, 3.63) is 53.7 Å². The molecule has 13 heteroatoms. The van der Waals surface area contributed by atoms with Gasteiger partial charge in [0, 0.05) is 63.9 Å². The minimum Gasteiger partial charge on any atom is -0.481 e. The minimum atomic E-state index is -1.15. The quantitative estimate of drug-likeness (QED) is 0.310. The maximum Gasteiger partial charge on any atom is 0.409 e. The Morgan fingerprint density at radius 1 is 0.936 bits per heavy atom. The summed E-state index contributed by atoms with van der Waals surface area (Å²) in [5, 5.41) is 12.1. The second kappa shape index (κ2) is 17.4. The van der Waals surface area contributed by atoms with Crippen LogP contribution in [0.5, 0.6) is 0 Å². The Kier molecular flexibility index (Phi) is 13.1. The molecule has 1 aromatic heterocycles. The summed E-state index contributed by atoms with van der Waals surface area (Å²) in [6.45, 7) is 4.36. The summed E-state index contributed by atoms with van der Waals surface area (Å²) in [7, 11) is 1.66. The van der Waals surface area contributed by atoms with Crippen LogP contribution in [0.15, 0.2) is 42.5 Å². The van der Waals surface area contributed by atoms with E-state index in [4.69, 9.17) is 9.47 Å². The molecule has 4 amide bonds. The first-order valence-corrected chi connectivity index (χ1v) is 16.3. The zero-order valence-electron chi connectivity index (χ0n) is 27.2. The second-order valence-corrected chi connectivity index (χ2v) is 11.8. The molecule has 254 valence electrons. The van der Waals surface area contributed by atoms with E-state index in [1.165, 1.54) is 15.9 Å². The van der Waals surface area contributed by atoms with Gasteiger partial charge in [0.1, 0.15) is 11.7 Å². The van der Waals surface area contributed by atoms with Crippen molar-refractivity contribution in [2.45, 2.75) is 64.0 Å². The second-order valence-electron chi connectivity index (χ2n) is 11.8. The van der Waals surface area contributed by atoms with E-state index in [1.54, 1.807) is 18.1 Å². The molecular formula is C34H45N5O8. The van der Waals surface area contributed by atoms with Gasteiger partial charge in [-0.05, 0) is 37.8 Å². The number of hydrogen-bond donors (Lipinski definition) is 2. The summed E-state index contributed by atoms with van der Waals surface area (Å²) in [4.78, 5) is 74.1. The van der Waals surface area contributed by atoms with E-state index in [9.17, 15) is 29.1 Å². The highest BCUT2D eigenvalue weighted by atomic mass is 16.6. The van der Waals surface area contributed by atoms with Gasteiger partial charge in [-0.25, -0.2) is 9.78 Å². The van der Waals surface area contributed by atoms with E-state index in [0.717, 1.165) is 19.3 Å². The number of aliphatic carboxylic acids is 1. The molecule has 2 N–H and O–H groups in total. The standard InChI is InChI=1S/C34H45N5O8/c1-3-4-8-21-47-34(45)39-19-17-38(18-20-39)33(44)27(11-12-30(40)41)36-31(42)29-23-25(22-28(35-29)24-9-6-5-7-10-24)32(43)37-15-13-26(46-2)14-16-37/h5-7,9-10,22-23,26-27H,3-4,8,11-21H2,1-2H3,(H,36,42)(H,40,41)/t27-/m0/s1. The monoisotopic (exact) mass is 651 g/mol. The van der Waals surface area contributed by atoms with Gasteiger partial charge in [-0.3, -0.25) is 19.2 Å². The fraction of sp³-hybridized carbons (Fsp3) is 0.529. The van der Waals surface area contributed by atoms with Gasteiger partial charge < -0.3 is 34.6 Å². The smallest absolute Gasteiger partial charge is 0.409 e. The molecule has 3 heterocycles. The zero-order valence-corrected chi connectivity index (χ0v) is 27.2. The van der Waals surface area contributed by atoms with Crippen molar-refractivity contribution in [3.63, 3.8) is 0 Å². The molecule has 2 aliphatic rings. The van der Waals surface area contributed by atoms with E-state index < -0.39 is 29.9 Å². The Morgan fingerprint density at radius 3 is 2.26 bits per heavy atom. The number of hydrogen-bond acceptors (Lipinski definition) is 8. The molecule has 4 rings (SSSR count). The van der Waals surface area contributed by atoms with Gasteiger partial charge in [0.2, 0.25) is 5.91 Å². The van der Waals surface area contributed by atoms with Crippen molar-refractivity contribution in [1.82, 2.24) is 25.0 Å². The lowest BCUT2D eigenvalue weighted by atomic mass is 10.0. The molecule has 0 aliphatic carbocycles. The lowest BCUT2D eigenvalue weighted by Gasteiger charge is -2.36. The number of carboxylic acid groups (broad SMARTS) is 1. The van der Waals surface area contributed by atoms with Crippen LogP contribution in [0.3, 0.4) is 0 Å². The van der Waals surface area contributed by atoms with Gasteiger partial charge in [-0.1, -0.05) is 50.1 Å². The number of amides is 4. The molecule has 0 spiro atoms. The molecule has 13 nitrogen and oxygen atoms in total. The number of benzene rings is 1. The molecule has 2 saturated heterocycles. The molecule has 0 unspecified atom stereocenters. The normalized spacial score (nSPS) is 16.0. The number of unbranched alkanes of at least 4 members (excludes halogenated alkanes) is 2. The van der Waals surface area contributed by atoms with E-state index in [-0.39, 0.29) is 62.3 Å². The van der Waals surface area contributed by atoms with E-state index >= 15 is 0 Å². The summed E-state index contributed by atoms with van der Waals surface area (Å²) in [5.41, 5.74) is 1.34.